The van der Waals surface area contributed by atoms with E-state index < -0.39 is 0 Å². The number of hydrogen-bond acceptors (Lipinski definition) is 2. The lowest BCUT2D eigenvalue weighted by molar-refractivity contribution is -0.127. The van der Waals surface area contributed by atoms with Crippen molar-refractivity contribution in [2.45, 2.75) is 18.9 Å². The van der Waals surface area contributed by atoms with Gasteiger partial charge >= 0.3 is 0 Å². The minimum absolute atomic E-state index is 0.0952. The van der Waals surface area contributed by atoms with E-state index in [4.69, 9.17) is 0 Å². The molecule has 0 atom stereocenters. The Hall–Kier alpha value is -2.88. The number of hydrogen-bond donors (Lipinski definition) is 0. The van der Waals surface area contributed by atoms with Crippen LogP contribution in [0.1, 0.15) is 24.4 Å². The van der Waals surface area contributed by atoms with Gasteiger partial charge in [-0.25, -0.2) is 4.98 Å². The van der Waals surface area contributed by atoms with Gasteiger partial charge in [-0.2, -0.15) is 0 Å². The Morgan fingerprint density at radius 1 is 1.00 bits per heavy atom. The van der Waals surface area contributed by atoms with E-state index in [1.165, 1.54) is 5.52 Å². The van der Waals surface area contributed by atoms with E-state index >= 15 is 0 Å². The van der Waals surface area contributed by atoms with Crippen molar-refractivity contribution in [3.63, 3.8) is 0 Å². The van der Waals surface area contributed by atoms with E-state index in [1.54, 1.807) is 6.08 Å². The zero-order valence-electron chi connectivity index (χ0n) is 14.1. The van der Waals surface area contributed by atoms with Crippen LogP contribution >= 0.6 is 0 Å². The molecule has 1 aliphatic heterocycles. The van der Waals surface area contributed by atoms with Gasteiger partial charge in [0.2, 0.25) is 5.91 Å². The minimum Gasteiger partial charge on any atom is -0.339 e. The third kappa shape index (κ3) is 3.33. The average molecular weight is 331 g/mol. The molecule has 0 unspecified atom stereocenters. The monoisotopic (exact) mass is 331 g/mol. The molecule has 126 valence electrons. The Morgan fingerprint density at radius 2 is 1.72 bits per heavy atom. The number of piperidine rings is 1. The summed E-state index contributed by atoms with van der Waals surface area (Å²) in [4.78, 5) is 18.8. The van der Waals surface area contributed by atoms with Gasteiger partial charge in [0, 0.05) is 25.2 Å². The molecule has 0 spiro atoms. The van der Waals surface area contributed by atoms with Crippen LogP contribution in [0.15, 0.2) is 67.0 Å². The Bertz CT molecular complexity index is 890. The number of para-hydroxylation sites is 2. The van der Waals surface area contributed by atoms with Crippen molar-refractivity contribution in [2.75, 3.05) is 13.1 Å². The van der Waals surface area contributed by atoms with Crippen molar-refractivity contribution in [2.24, 2.45) is 0 Å². The first-order valence-corrected chi connectivity index (χ1v) is 8.75. The molecule has 4 heteroatoms. The number of carbonyl (C=O) groups is 1. The van der Waals surface area contributed by atoms with E-state index in [-0.39, 0.29) is 5.91 Å². The number of nitrogens with zero attached hydrogens (tertiary/aromatic N) is 3. The maximum Gasteiger partial charge on any atom is 0.246 e. The molecule has 1 aromatic heterocycles. The third-order valence-corrected chi connectivity index (χ3v) is 4.87. The second kappa shape index (κ2) is 6.93. The largest absolute Gasteiger partial charge is 0.339 e. The fourth-order valence-electron chi connectivity index (χ4n) is 3.47. The highest BCUT2D eigenvalue weighted by Gasteiger charge is 2.23. The summed E-state index contributed by atoms with van der Waals surface area (Å²) in [5.74, 6) is 0.0952. The van der Waals surface area contributed by atoms with Crippen molar-refractivity contribution in [3.8, 4) is 0 Å². The molecule has 1 saturated heterocycles. The molecular formula is C21H21N3O. The molecule has 0 saturated carbocycles. The van der Waals surface area contributed by atoms with Crippen LogP contribution in [-0.4, -0.2) is 33.4 Å². The molecular weight excluding hydrogens is 310 g/mol. The van der Waals surface area contributed by atoms with Crippen LogP contribution in [-0.2, 0) is 4.79 Å². The molecule has 0 bridgehead atoms. The number of amides is 1. The average Bonchev–Trinajstić information content (AvgIpc) is 3.11. The van der Waals surface area contributed by atoms with Crippen LogP contribution in [0, 0.1) is 0 Å². The predicted molar refractivity (Wildman–Crippen MR) is 100 cm³/mol. The van der Waals surface area contributed by atoms with Crippen LogP contribution in [0.25, 0.3) is 17.1 Å². The number of imidazole rings is 1. The Balaban J connectivity index is 1.39. The standard InChI is InChI=1S/C21H21N3O/c25-21(11-10-17-6-2-1-3-7-17)23-14-12-18(13-15-23)24-16-22-19-8-4-5-9-20(19)24/h1-11,16,18H,12-15H2/b11-10+. The van der Waals surface area contributed by atoms with Gasteiger partial charge in [0.15, 0.2) is 0 Å². The molecule has 25 heavy (non-hydrogen) atoms. The molecule has 3 aromatic rings. The fourth-order valence-corrected chi connectivity index (χ4v) is 3.47. The van der Waals surface area contributed by atoms with E-state index in [2.05, 4.69) is 15.6 Å². The molecule has 2 aromatic carbocycles. The lowest BCUT2D eigenvalue weighted by Crippen LogP contribution is -2.38. The zero-order valence-corrected chi connectivity index (χ0v) is 14.1. The van der Waals surface area contributed by atoms with E-state index in [9.17, 15) is 4.79 Å². The van der Waals surface area contributed by atoms with Gasteiger partial charge in [-0.1, -0.05) is 42.5 Å². The molecule has 4 rings (SSSR count). The van der Waals surface area contributed by atoms with Gasteiger partial charge in [0.25, 0.3) is 0 Å². The van der Waals surface area contributed by atoms with Gasteiger partial charge in [0.05, 0.1) is 17.4 Å². The number of likely N-dealkylation sites (tertiary alicyclic amines) is 1. The number of rotatable bonds is 3. The van der Waals surface area contributed by atoms with Gasteiger partial charge in [-0.15, -0.1) is 0 Å². The summed E-state index contributed by atoms with van der Waals surface area (Å²) in [6, 6.07) is 18.6. The molecule has 1 aliphatic rings. The minimum atomic E-state index is 0.0952. The van der Waals surface area contributed by atoms with Gasteiger partial charge in [-0.3, -0.25) is 4.79 Å². The van der Waals surface area contributed by atoms with Crippen LogP contribution in [0.5, 0.6) is 0 Å². The highest BCUT2D eigenvalue weighted by molar-refractivity contribution is 5.91. The van der Waals surface area contributed by atoms with Crippen LogP contribution in [0.3, 0.4) is 0 Å². The van der Waals surface area contributed by atoms with Crippen LogP contribution in [0.4, 0.5) is 0 Å². The summed E-state index contributed by atoms with van der Waals surface area (Å²) in [5.41, 5.74) is 3.26. The highest BCUT2D eigenvalue weighted by atomic mass is 16.2. The molecule has 0 radical (unpaired) electrons. The van der Waals surface area contributed by atoms with Gasteiger partial charge in [-0.05, 0) is 36.6 Å². The SMILES string of the molecule is O=C(/C=C/c1ccccc1)N1CCC(n2cnc3ccccc32)CC1. The van der Waals surface area contributed by atoms with Crippen molar-refractivity contribution >= 4 is 23.0 Å². The summed E-state index contributed by atoms with van der Waals surface area (Å²) < 4.78 is 2.26. The topological polar surface area (TPSA) is 38.1 Å². The molecule has 1 amide bonds. The first-order chi connectivity index (χ1) is 12.3. The first-order valence-electron chi connectivity index (χ1n) is 8.75. The quantitative estimate of drug-likeness (QED) is 0.682. The first kappa shape index (κ1) is 15.6. The fraction of sp³-hybridized carbons (Fsp3) is 0.238. The zero-order chi connectivity index (χ0) is 17.1. The summed E-state index contributed by atoms with van der Waals surface area (Å²) in [5, 5.41) is 0. The van der Waals surface area contributed by atoms with Crippen molar-refractivity contribution in [1.29, 1.82) is 0 Å². The Morgan fingerprint density at radius 3 is 2.52 bits per heavy atom. The molecule has 0 aliphatic carbocycles. The molecule has 2 heterocycles. The van der Waals surface area contributed by atoms with E-state index in [1.807, 2.05) is 65.8 Å². The maximum atomic E-state index is 12.4. The summed E-state index contributed by atoms with van der Waals surface area (Å²) in [6.07, 6.45) is 7.43. The number of aromatic nitrogens is 2. The lowest BCUT2D eigenvalue weighted by Gasteiger charge is -2.32. The summed E-state index contributed by atoms with van der Waals surface area (Å²) >= 11 is 0. The van der Waals surface area contributed by atoms with E-state index in [0.29, 0.717) is 6.04 Å². The summed E-state index contributed by atoms with van der Waals surface area (Å²) in [6.45, 7) is 1.57. The summed E-state index contributed by atoms with van der Waals surface area (Å²) in [7, 11) is 0. The van der Waals surface area contributed by atoms with E-state index in [0.717, 1.165) is 37.0 Å². The second-order valence-corrected chi connectivity index (χ2v) is 6.44. The molecule has 0 N–H and O–H groups in total. The van der Waals surface area contributed by atoms with Crippen molar-refractivity contribution in [3.05, 3.63) is 72.6 Å². The predicted octanol–water partition coefficient (Wildman–Crippen LogP) is 3.91. The Labute approximate surface area is 147 Å². The molecule has 1 fully saturated rings. The maximum absolute atomic E-state index is 12.4. The Kier molecular flexibility index (Phi) is 4.34. The van der Waals surface area contributed by atoms with Crippen molar-refractivity contribution < 1.29 is 4.79 Å². The second-order valence-electron chi connectivity index (χ2n) is 6.44. The number of carbonyl (C=O) groups excluding carboxylic acids is 1. The number of benzene rings is 2. The van der Waals surface area contributed by atoms with Gasteiger partial charge in [0.1, 0.15) is 0 Å². The van der Waals surface area contributed by atoms with Crippen LogP contribution < -0.4 is 0 Å². The normalized spacial score (nSPS) is 15.9. The van der Waals surface area contributed by atoms with Gasteiger partial charge < -0.3 is 9.47 Å². The molecule has 4 nitrogen and oxygen atoms in total. The van der Waals surface area contributed by atoms with Crippen molar-refractivity contribution in [1.82, 2.24) is 14.5 Å². The smallest absolute Gasteiger partial charge is 0.246 e. The number of fused-ring (bicyclic) bond motifs is 1. The lowest BCUT2D eigenvalue weighted by atomic mass is 10.0. The highest BCUT2D eigenvalue weighted by Crippen LogP contribution is 2.26. The third-order valence-electron chi connectivity index (χ3n) is 4.87. The van der Waals surface area contributed by atoms with Crippen LogP contribution in [0.2, 0.25) is 0 Å².